The van der Waals surface area contributed by atoms with Gasteiger partial charge in [0.2, 0.25) is 0 Å². The summed E-state index contributed by atoms with van der Waals surface area (Å²) >= 11 is 1.76. The first kappa shape index (κ1) is 12.2. The quantitative estimate of drug-likeness (QED) is 0.593. The Balaban J connectivity index is 2.44. The first-order chi connectivity index (χ1) is 8.26. The molecule has 2 nitrogen and oxygen atoms in total. The number of ether oxygens (including phenoxy) is 1. The summed E-state index contributed by atoms with van der Waals surface area (Å²) in [4.78, 5) is 12.9. The van der Waals surface area contributed by atoms with Crippen LogP contribution >= 0.6 is 11.8 Å². The van der Waals surface area contributed by atoms with Crippen molar-refractivity contribution in [2.45, 2.75) is 24.2 Å². The van der Waals surface area contributed by atoms with Gasteiger partial charge in [-0.2, -0.15) is 0 Å². The largest absolute Gasteiger partial charge is 0.466 e. The van der Waals surface area contributed by atoms with E-state index in [0.29, 0.717) is 0 Å². The molecule has 0 radical (unpaired) electrons. The Morgan fingerprint density at radius 3 is 2.88 bits per heavy atom. The van der Waals surface area contributed by atoms with Crippen LogP contribution in [0.5, 0.6) is 0 Å². The van der Waals surface area contributed by atoms with Gasteiger partial charge in [-0.25, -0.2) is 4.79 Å². The molecule has 1 aliphatic rings. The predicted octanol–water partition coefficient (Wildman–Crippen LogP) is 3.30. The Labute approximate surface area is 106 Å². The molecule has 0 N–H and O–H groups in total. The fourth-order valence-corrected chi connectivity index (χ4v) is 2.87. The van der Waals surface area contributed by atoms with Crippen molar-refractivity contribution in [3.8, 4) is 0 Å². The van der Waals surface area contributed by atoms with Crippen molar-refractivity contribution in [3.63, 3.8) is 0 Å². The highest BCUT2D eigenvalue weighted by atomic mass is 32.2. The van der Waals surface area contributed by atoms with Gasteiger partial charge in [-0.15, -0.1) is 11.8 Å². The number of hydrogen-bond acceptors (Lipinski definition) is 3. The Morgan fingerprint density at radius 2 is 2.18 bits per heavy atom. The van der Waals surface area contributed by atoms with Crippen LogP contribution in [0.15, 0.2) is 28.7 Å². The fraction of sp³-hybridized carbons (Fsp3) is 0.357. The highest BCUT2D eigenvalue weighted by molar-refractivity contribution is 7.98. The molecule has 0 fully saturated rings. The summed E-state index contributed by atoms with van der Waals surface area (Å²) in [6, 6.07) is 6.26. The summed E-state index contributed by atoms with van der Waals surface area (Å²) in [5.74, 6) is -0.201. The SMILES string of the molecule is COC(=O)C1=Cc2cccc(SC)c2CCC1. The topological polar surface area (TPSA) is 26.3 Å². The highest BCUT2D eigenvalue weighted by Gasteiger charge is 2.16. The van der Waals surface area contributed by atoms with Crippen LogP contribution in [0, 0.1) is 0 Å². The van der Waals surface area contributed by atoms with E-state index in [2.05, 4.69) is 18.4 Å². The highest BCUT2D eigenvalue weighted by Crippen LogP contribution is 2.30. The maximum absolute atomic E-state index is 11.6. The first-order valence-electron chi connectivity index (χ1n) is 5.71. The second kappa shape index (κ2) is 5.41. The number of methoxy groups -OCH3 is 1. The van der Waals surface area contributed by atoms with E-state index in [1.165, 1.54) is 17.6 Å². The first-order valence-corrected chi connectivity index (χ1v) is 6.93. The maximum Gasteiger partial charge on any atom is 0.333 e. The number of hydrogen-bond donors (Lipinski definition) is 0. The molecule has 1 aromatic carbocycles. The molecule has 0 unspecified atom stereocenters. The smallest absolute Gasteiger partial charge is 0.333 e. The van der Waals surface area contributed by atoms with Crippen LogP contribution in [0.2, 0.25) is 0 Å². The van der Waals surface area contributed by atoms with Gasteiger partial charge < -0.3 is 4.74 Å². The van der Waals surface area contributed by atoms with Gasteiger partial charge >= 0.3 is 5.97 Å². The van der Waals surface area contributed by atoms with Gasteiger partial charge in [0.05, 0.1) is 7.11 Å². The van der Waals surface area contributed by atoms with Crippen molar-refractivity contribution in [2.24, 2.45) is 0 Å². The molecule has 0 bridgehead atoms. The van der Waals surface area contributed by atoms with Crippen molar-refractivity contribution in [1.82, 2.24) is 0 Å². The lowest BCUT2D eigenvalue weighted by Crippen LogP contribution is -2.03. The third-order valence-electron chi connectivity index (χ3n) is 3.04. The number of carbonyl (C=O) groups excluding carboxylic acids is 1. The molecular weight excluding hydrogens is 232 g/mol. The number of fused-ring (bicyclic) bond motifs is 1. The summed E-state index contributed by atoms with van der Waals surface area (Å²) in [7, 11) is 1.44. The van der Waals surface area contributed by atoms with Gasteiger partial charge in [-0.1, -0.05) is 12.1 Å². The molecule has 0 saturated heterocycles. The van der Waals surface area contributed by atoms with Crippen LogP contribution < -0.4 is 0 Å². The molecule has 90 valence electrons. The third-order valence-corrected chi connectivity index (χ3v) is 3.86. The summed E-state index contributed by atoms with van der Waals surface area (Å²) in [6.45, 7) is 0. The molecular formula is C14H16O2S. The molecule has 0 spiro atoms. The van der Waals surface area contributed by atoms with Crippen LogP contribution in [0.3, 0.4) is 0 Å². The van der Waals surface area contributed by atoms with Gasteiger partial charge in [-0.05, 0) is 48.8 Å². The molecule has 0 heterocycles. The standard InChI is InChI=1S/C14H16O2S/c1-16-14(15)11-6-3-7-12-10(9-11)5-4-8-13(12)17-2/h4-5,8-9H,3,6-7H2,1-2H3. The van der Waals surface area contributed by atoms with Gasteiger partial charge in [0.25, 0.3) is 0 Å². The normalized spacial score (nSPS) is 14.6. The molecule has 0 aromatic heterocycles. The van der Waals surface area contributed by atoms with Crippen molar-refractivity contribution < 1.29 is 9.53 Å². The minimum atomic E-state index is -0.201. The van der Waals surface area contributed by atoms with Gasteiger partial charge in [0.15, 0.2) is 0 Å². The van der Waals surface area contributed by atoms with Crippen molar-refractivity contribution in [1.29, 1.82) is 0 Å². The lowest BCUT2D eigenvalue weighted by atomic mass is 10.0. The Morgan fingerprint density at radius 1 is 1.35 bits per heavy atom. The lowest BCUT2D eigenvalue weighted by Gasteiger charge is -2.08. The Hall–Kier alpha value is -1.22. The molecule has 0 aliphatic heterocycles. The molecule has 2 rings (SSSR count). The second-order valence-electron chi connectivity index (χ2n) is 4.04. The van der Waals surface area contributed by atoms with Crippen LogP contribution in [0.25, 0.3) is 6.08 Å². The average molecular weight is 248 g/mol. The van der Waals surface area contributed by atoms with E-state index in [1.54, 1.807) is 11.8 Å². The molecule has 1 aliphatic carbocycles. The van der Waals surface area contributed by atoms with E-state index in [9.17, 15) is 4.79 Å². The zero-order valence-electron chi connectivity index (χ0n) is 10.2. The zero-order chi connectivity index (χ0) is 12.3. The molecule has 17 heavy (non-hydrogen) atoms. The molecule has 3 heteroatoms. The van der Waals surface area contributed by atoms with Crippen LogP contribution in [-0.4, -0.2) is 19.3 Å². The molecule has 0 atom stereocenters. The van der Waals surface area contributed by atoms with E-state index in [-0.39, 0.29) is 5.97 Å². The van der Waals surface area contributed by atoms with Gasteiger partial charge in [0, 0.05) is 10.5 Å². The summed E-state index contributed by atoms with van der Waals surface area (Å²) in [5.41, 5.74) is 3.30. The Bertz CT molecular complexity index is 463. The fourth-order valence-electron chi connectivity index (χ4n) is 2.18. The number of carbonyl (C=O) groups is 1. The number of thioether (sulfide) groups is 1. The maximum atomic E-state index is 11.6. The summed E-state index contributed by atoms with van der Waals surface area (Å²) < 4.78 is 4.80. The number of rotatable bonds is 2. The van der Waals surface area contributed by atoms with Crippen LogP contribution in [0.1, 0.15) is 24.0 Å². The van der Waals surface area contributed by atoms with Crippen molar-refractivity contribution in [3.05, 3.63) is 34.9 Å². The summed E-state index contributed by atoms with van der Waals surface area (Å²) in [6.07, 6.45) is 6.91. The van der Waals surface area contributed by atoms with E-state index >= 15 is 0 Å². The molecule has 1 aromatic rings. The van der Waals surface area contributed by atoms with Gasteiger partial charge in [-0.3, -0.25) is 0 Å². The zero-order valence-corrected chi connectivity index (χ0v) is 11.0. The van der Waals surface area contributed by atoms with E-state index in [4.69, 9.17) is 4.74 Å². The van der Waals surface area contributed by atoms with Crippen molar-refractivity contribution in [2.75, 3.05) is 13.4 Å². The summed E-state index contributed by atoms with van der Waals surface area (Å²) in [5, 5.41) is 0. The van der Waals surface area contributed by atoms with Crippen LogP contribution in [-0.2, 0) is 16.0 Å². The van der Waals surface area contributed by atoms with Crippen LogP contribution in [0.4, 0.5) is 0 Å². The molecule has 0 saturated carbocycles. The monoisotopic (exact) mass is 248 g/mol. The van der Waals surface area contributed by atoms with E-state index < -0.39 is 0 Å². The lowest BCUT2D eigenvalue weighted by molar-refractivity contribution is -0.136. The minimum absolute atomic E-state index is 0.201. The second-order valence-corrected chi connectivity index (χ2v) is 4.89. The predicted molar refractivity (Wildman–Crippen MR) is 71.2 cm³/mol. The van der Waals surface area contributed by atoms with Gasteiger partial charge in [0.1, 0.15) is 0 Å². The average Bonchev–Trinajstić information content (AvgIpc) is 2.59. The third kappa shape index (κ3) is 2.55. The van der Waals surface area contributed by atoms with E-state index in [0.717, 1.165) is 30.4 Å². The Kier molecular flexibility index (Phi) is 3.89. The number of benzene rings is 1. The van der Waals surface area contributed by atoms with Crippen molar-refractivity contribution >= 4 is 23.8 Å². The minimum Gasteiger partial charge on any atom is -0.466 e. The number of esters is 1. The molecule has 0 amide bonds. The van der Waals surface area contributed by atoms with E-state index in [1.807, 2.05) is 12.1 Å².